The fourth-order valence-corrected chi connectivity index (χ4v) is 1.37. The Morgan fingerprint density at radius 1 is 0.700 bits per heavy atom. The van der Waals surface area contributed by atoms with Gasteiger partial charge in [-0.15, -0.1) is 0 Å². The maximum atomic E-state index is 5.33. The molecule has 0 amide bonds. The van der Waals surface area contributed by atoms with E-state index in [-0.39, 0.29) is 48.0 Å². The Kier molecular flexibility index (Phi) is 13.4. The fourth-order valence-electron chi connectivity index (χ4n) is 1.10. The van der Waals surface area contributed by atoms with Gasteiger partial charge in [-0.2, -0.15) is 0 Å². The van der Waals surface area contributed by atoms with Crippen LogP contribution >= 0.6 is 24.4 Å². The number of aromatic amines is 2. The van der Waals surface area contributed by atoms with E-state index in [0.29, 0.717) is 9.98 Å². The van der Waals surface area contributed by atoms with Crippen LogP contribution in [-0.2, 0) is 0 Å². The minimum Gasteiger partial charge on any atom is -1.00 e. The standard InChI is InChI=1S/2C6H6N2S.2HI/c2*7-6(9)5-1-3-8-4-2-5;;/h2*1-4H,(H2,7,9);2*1H. The van der Waals surface area contributed by atoms with Gasteiger partial charge in [-0.1, -0.05) is 24.4 Å². The largest absolute Gasteiger partial charge is 1.00 e. The van der Waals surface area contributed by atoms with Crippen molar-refractivity contribution in [2.24, 2.45) is 11.5 Å². The maximum absolute atomic E-state index is 5.33. The van der Waals surface area contributed by atoms with E-state index in [1.54, 1.807) is 24.8 Å². The van der Waals surface area contributed by atoms with Gasteiger partial charge in [-0.3, -0.25) is 0 Å². The molecule has 0 fully saturated rings. The minimum absolute atomic E-state index is 0. The summed E-state index contributed by atoms with van der Waals surface area (Å²) in [5.41, 5.74) is 12.4. The molecule has 2 rings (SSSR count). The third-order valence-corrected chi connectivity index (χ3v) is 2.48. The van der Waals surface area contributed by atoms with Crippen molar-refractivity contribution in [3.63, 3.8) is 0 Å². The molecule has 0 saturated carbocycles. The highest BCUT2D eigenvalue weighted by Gasteiger charge is 1.93. The van der Waals surface area contributed by atoms with E-state index in [2.05, 4.69) is 9.97 Å². The monoisotopic (exact) mass is 532 g/mol. The second-order valence-corrected chi connectivity index (χ2v) is 4.19. The van der Waals surface area contributed by atoms with E-state index in [4.69, 9.17) is 35.9 Å². The van der Waals surface area contributed by atoms with E-state index < -0.39 is 0 Å². The van der Waals surface area contributed by atoms with E-state index in [1.165, 1.54) is 0 Å². The Labute approximate surface area is 162 Å². The number of hydrogen-bond donors (Lipinski definition) is 2. The Morgan fingerprint density at radius 3 is 1.10 bits per heavy atom. The number of pyridine rings is 2. The Morgan fingerprint density at radius 2 is 0.950 bits per heavy atom. The van der Waals surface area contributed by atoms with Crippen molar-refractivity contribution in [1.29, 1.82) is 0 Å². The molecule has 0 saturated heterocycles. The fraction of sp³-hybridized carbons (Fsp3) is 0. The van der Waals surface area contributed by atoms with Crippen LogP contribution in [-0.4, -0.2) is 9.98 Å². The molecule has 6 N–H and O–H groups in total. The summed E-state index contributed by atoms with van der Waals surface area (Å²) in [6.45, 7) is 0. The average molecular weight is 532 g/mol. The second kappa shape index (κ2) is 12.3. The van der Waals surface area contributed by atoms with E-state index in [1.807, 2.05) is 24.3 Å². The summed E-state index contributed by atoms with van der Waals surface area (Å²) in [5, 5.41) is 0. The molecule has 0 spiro atoms. The van der Waals surface area contributed by atoms with Crippen LogP contribution in [0.15, 0.2) is 49.1 Å². The van der Waals surface area contributed by atoms with Gasteiger partial charge in [-0.25, -0.2) is 9.97 Å². The molecule has 2 aromatic rings. The van der Waals surface area contributed by atoms with Gasteiger partial charge < -0.3 is 59.4 Å². The summed E-state index contributed by atoms with van der Waals surface area (Å²) >= 11 is 9.45. The average Bonchev–Trinajstić information content (AvgIpc) is 2.41. The molecule has 2 heterocycles. The molecule has 8 heteroatoms. The zero-order valence-electron chi connectivity index (χ0n) is 10.3. The lowest BCUT2D eigenvalue weighted by molar-refractivity contribution is -0.378. The summed E-state index contributed by atoms with van der Waals surface area (Å²) in [5.74, 6) is 0. The Hall–Kier alpha value is -0.460. The molecule has 0 aliphatic carbocycles. The summed E-state index contributed by atoms with van der Waals surface area (Å²) in [7, 11) is 0. The van der Waals surface area contributed by atoms with E-state index >= 15 is 0 Å². The van der Waals surface area contributed by atoms with Crippen molar-refractivity contribution in [3.05, 3.63) is 60.2 Å². The van der Waals surface area contributed by atoms with Gasteiger partial charge >= 0.3 is 0 Å². The Balaban J connectivity index is 0. The van der Waals surface area contributed by atoms with Gasteiger partial charge in [0.25, 0.3) is 0 Å². The normalized spacial score (nSPS) is 8.00. The predicted octanol–water partition coefficient (Wildman–Crippen LogP) is -5.72. The number of aromatic nitrogens is 2. The molecule has 20 heavy (non-hydrogen) atoms. The number of nitrogens with two attached hydrogens (primary N) is 2. The SMILES string of the molecule is NC(=S)c1cc[nH+]cc1.NC(=S)c1cc[nH+]cc1.[I-].[I-]. The van der Waals surface area contributed by atoms with Gasteiger partial charge in [0.2, 0.25) is 0 Å². The van der Waals surface area contributed by atoms with Crippen molar-refractivity contribution >= 4 is 34.4 Å². The summed E-state index contributed by atoms with van der Waals surface area (Å²) < 4.78 is 0. The third kappa shape index (κ3) is 8.66. The zero-order valence-corrected chi connectivity index (χ0v) is 16.3. The van der Waals surface area contributed by atoms with E-state index in [9.17, 15) is 0 Å². The number of halogens is 2. The summed E-state index contributed by atoms with van der Waals surface area (Å²) in [6, 6.07) is 7.34. The second-order valence-electron chi connectivity index (χ2n) is 3.31. The molecule has 0 aliphatic rings. The van der Waals surface area contributed by atoms with Crippen LogP contribution < -0.4 is 69.4 Å². The molecule has 0 aromatic carbocycles. The third-order valence-electron chi connectivity index (χ3n) is 2.01. The molecule has 0 atom stereocenters. The highest BCUT2D eigenvalue weighted by atomic mass is 127. The lowest BCUT2D eigenvalue weighted by atomic mass is 10.3. The van der Waals surface area contributed by atoms with Crippen LogP contribution in [0.25, 0.3) is 0 Å². The van der Waals surface area contributed by atoms with E-state index in [0.717, 1.165) is 11.1 Å². The quantitative estimate of drug-likeness (QED) is 0.299. The number of nitrogens with one attached hydrogen (secondary N) is 2. The summed E-state index contributed by atoms with van der Waals surface area (Å²) in [6.07, 6.45) is 7.14. The lowest BCUT2D eigenvalue weighted by Gasteiger charge is -1.89. The molecule has 0 radical (unpaired) electrons. The van der Waals surface area contributed by atoms with Crippen LogP contribution in [0, 0.1) is 0 Å². The number of thiocarbonyl (C=S) groups is 2. The van der Waals surface area contributed by atoms with Crippen molar-refractivity contribution < 1.29 is 57.9 Å². The Bertz CT molecular complexity index is 474. The topological polar surface area (TPSA) is 80.3 Å². The van der Waals surface area contributed by atoms with Gasteiger partial charge in [0.1, 0.15) is 9.98 Å². The van der Waals surface area contributed by atoms with Crippen LogP contribution in [0.1, 0.15) is 11.1 Å². The highest BCUT2D eigenvalue weighted by Crippen LogP contribution is 1.92. The molecule has 2 aromatic heterocycles. The molecular weight excluding hydrogens is 518 g/mol. The van der Waals surface area contributed by atoms with Gasteiger partial charge in [0, 0.05) is 35.4 Å². The first-order valence-electron chi connectivity index (χ1n) is 5.13. The lowest BCUT2D eigenvalue weighted by Crippen LogP contribution is -3.00. The first-order valence-corrected chi connectivity index (χ1v) is 5.94. The van der Waals surface area contributed by atoms with Crippen molar-refractivity contribution in [1.82, 2.24) is 0 Å². The van der Waals surface area contributed by atoms with Crippen molar-refractivity contribution in [2.75, 3.05) is 0 Å². The first-order chi connectivity index (χ1) is 8.61. The van der Waals surface area contributed by atoms with Crippen molar-refractivity contribution in [3.8, 4) is 0 Å². The summed E-state index contributed by atoms with van der Waals surface area (Å²) in [4.78, 5) is 6.61. The number of hydrogen-bond acceptors (Lipinski definition) is 2. The van der Waals surface area contributed by atoms with Gasteiger partial charge in [-0.05, 0) is 0 Å². The molecule has 4 nitrogen and oxygen atoms in total. The smallest absolute Gasteiger partial charge is 0.167 e. The maximum Gasteiger partial charge on any atom is 0.167 e. The zero-order chi connectivity index (χ0) is 13.4. The predicted molar refractivity (Wildman–Crippen MR) is 77.8 cm³/mol. The van der Waals surface area contributed by atoms with Crippen LogP contribution in [0.4, 0.5) is 0 Å². The number of H-pyrrole nitrogens is 2. The molecule has 108 valence electrons. The van der Waals surface area contributed by atoms with Crippen LogP contribution in [0.2, 0.25) is 0 Å². The first kappa shape index (κ1) is 21.8. The number of rotatable bonds is 2. The van der Waals surface area contributed by atoms with Crippen LogP contribution in [0.3, 0.4) is 0 Å². The molecule has 0 unspecified atom stereocenters. The molecule has 0 aliphatic heterocycles. The molecular formula is C12H14I2N4S2. The van der Waals surface area contributed by atoms with Gasteiger partial charge in [0.05, 0.1) is 0 Å². The van der Waals surface area contributed by atoms with Crippen LogP contribution in [0.5, 0.6) is 0 Å². The highest BCUT2D eigenvalue weighted by molar-refractivity contribution is 7.80. The van der Waals surface area contributed by atoms with Crippen molar-refractivity contribution in [2.45, 2.75) is 0 Å². The minimum atomic E-state index is 0. The molecule has 0 bridgehead atoms. The van der Waals surface area contributed by atoms with Gasteiger partial charge in [0.15, 0.2) is 24.8 Å².